The van der Waals surface area contributed by atoms with Crippen LogP contribution in [0.2, 0.25) is 0 Å². The number of hydrogen-bond donors (Lipinski definition) is 0. The van der Waals surface area contributed by atoms with Crippen molar-refractivity contribution in [2.75, 3.05) is 13.2 Å². The van der Waals surface area contributed by atoms with E-state index in [4.69, 9.17) is 9.47 Å². The normalized spacial score (nSPS) is 11.5. The first-order chi connectivity index (χ1) is 15.8. The zero-order valence-electron chi connectivity index (χ0n) is 23.8. The highest BCUT2D eigenvalue weighted by atomic mass is 16.5. The van der Waals surface area contributed by atoms with E-state index in [0.717, 1.165) is 25.7 Å². The van der Waals surface area contributed by atoms with Crippen LogP contribution in [0.4, 0.5) is 0 Å². The molecule has 0 aromatic carbocycles. The number of carbonyl (C=O) groups excluding carboxylic acids is 2. The van der Waals surface area contributed by atoms with E-state index in [0.29, 0.717) is 37.9 Å². The zero-order chi connectivity index (χ0) is 26.5. The molecule has 0 aliphatic carbocycles. The van der Waals surface area contributed by atoms with E-state index in [-0.39, 0.29) is 11.9 Å². The second-order valence-electron chi connectivity index (χ2n) is 10.3. The summed E-state index contributed by atoms with van der Waals surface area (Å²) in [5.74, 6) is 0.549. The van der Waals surface area contributed by atoms with Crippen LogP contribution in [0.25, 0.3) is 0 Å². The van der Waals surface area contributed by atoms with Crippen molar-refractivity contribution in [3.63, 3.8) is 0 Å². The van der Waals surface area contributed by atoms with Gasteiger partial charge in [-0.05, 0) is 78.7 Å². The van der Waals surface area contributed by atoms with E-state index in [2.05, 4.69) is 59.8 Å². The average Bonchev–Trinajstić information content (AvgIpc) is 2.66. The number of rotatable bonds is 14. The van der Waals surface area contributed by atoms with Gasteiger partial charge in [0.2, 0.25) is 0 Å². The summed E-state index contributed by atoms with van der Waals surface area (Å²) < 4.78 is 10.3. The summed E-state index contributed by atoms with van der Waals surface area (Å²) >= 11 is 0. The van der Waals surface area contributed by atoms with Crippen LogP contribution in [0, 0.1) is 11.8 Å². The van der Waals surface area contributed by atoms with Crippen LogP contribution < -0.4 is 0 Å². The van der Waals surface area contributed by atoms with Crippen molar-refractivity contribution in [2.24, 2.45) is 11.8 Å². The number of esters is 2. The van der Waals surface area contributed by atoms with E-state index < -0.39 is 0 Å². The maximum Gasteiger partial charge on any atom is 0.306 e. The SMILES string of the molecule is CC(C)=CC/C=C(\C)CCOC(=O)CC(C)C.CC(C)=CCC/C(C)=C/COC(=O)CC(C)C. The van der Waals surface area contributed by atoms with Gasteiger partial charge in [0, 0.05) is 19.3 Å². The molecule has 0 N–H and O–H groups in total. The van der Waals surface area contributed by atoms with E-state index in [1.165, 1.54) is 22.3 Å². The third kappa shape index (κ3) is 27.9. The Kier molecular flexibility index (Phi) is 21.5. The van der Waals surface area contributed by atoms with Crippen LogP contribution in [0.5, 0.6) is 0 Å². The molecule has 0 bridgehead atoms. The minimum atomic E-state index is -0.103. The highest BCUT2D eigenvalue weighted by Gasteiger charge is 2.05. The van der Waals surface area contributed by atoms with Crippen molar-refractivity contribution in [3.8, 4) is 0 Å². The van der Waals surface area contributed by atoms with Gasteiger partial charge in [-0.15, -0.1) is 0 Å². The summed E-state index contributed by atoms with van der Waals surface area (Å²) in [4.78, 5) is 22.6. The molecule has 0 heterocycles. The Bertz CT molecular complexity index is 683. The van der Waals surface area contributed by atoms with Gasteiger partial charge < -0.3 is 9.47 Å². The second kappa shape index (κ2) is 21.4. The van der Waals surface area contributed by atoms with Crippen LogP contribution in [0.1, 0.15) is 108 Å². The number of hydrogen-bond acceptors (Lipinski definition) is 4. The molecule has 34 heavy (non-hydrogen) atoms. The van der Waals surface area contributed by atoms with Gasteiger partial charge in [0.05, 0.1) is 6.61 Å². The third-order valence-corrected chi connectivity index (χ3v) is 4.67. The van der Waals surface area contributed by atoms with Gasteiger partial charge in [0.15, 0.2) is 0 Å². The molecule has 196 valence electrons. The van der Waals surface area contributed by atoms with Crippen molar-refractivity contribution >= 4 is 11.9 Å². The Morgan fingerprint density at radius 2 is 1.15 bits per heavy atom. The monoisotopic (exact) mass is 476 g/mol. The average molecular weight is 477 g/mol. The first-order valence-electron chi connectivity index (χ1n) is 12.7. The summed E-state index contributed by atoms with van der Waals surface area (Å²) in [5, 5.41) is 0. The molecule has 0 spiro atoms. The Morgan fingerprint density at radius 1 is 0.647 bits per heavy atom. The lowest BCUT2D eigenvalue weighted by atomic mass is 10.1. The molecular formula is C30H52O4. The first-order valence-corrected chi connectivity index (χ1v) is 12.7. The van der Waals surface area contributed by atoms with Crippen LogP contribution in [0.3, 0.4) is 0 Å². The van der Waals surface area contributed by atoms with E-state index in [1.807, 2.05) is 33.8 Å². The van der Waals surface area contributed by atoms with Gasteiger partial charge in [-0.25, -0.2) is 0 Å². The summed E-state index contributed by atoms with van der Waals surface area (Å²) in [6, 6.07) is 0. The second-order valence-corrected chi connectivity index (χ2v) is 10.3. The minimum Gasteiger partial charge on any atom is -0.465 e. The minimum absolute atomic E-state index is 0.0860. The largest absolute Gasteiger partial charge is 0.465 e. The maximum atomic E-state index is 11.3. The van der Waals surface area contributed by atoms with Crippen molar-refractivity contribution < 1.29 is 19.1 Å². The molecule has 4 heteroatoms. The lowest BCUT2D eigenvalue weighted by molar-refractivity contribution is -0.144. The maximum absolute atomic E-state index is 11.3. The Balaban J connectivity index is 0. The summed E-state index contributed by atoms with van der Waals surface area (Å²) in [7, 11) is 0. The smallest absolute Gasteiger partial charge is 0.306 e. The highest BCUT2D eigenvalue weighted by Crippen LogP contribution is 2.08. The Labute approximate surface area is 210 Å². The van der Waals surface area contributed by atoms with E-state index >= 15 is 0 Å². The molecule has 0 aliphatic heterocycles. The third-order valence-electron chi connectivity index (χ3n) is 4.67. The van der Waals surface area contributed by atoms with Gasteiger partial charge in [0.25, 0.3) is 0 Å². The molecular weight excluding hydrogens is 424 g/mol. The van der Waals surface area contributed by atoms with Crippen LogP contribution >= 0.6 is 0 Å². The molecule has 0 amide bonds. The zero-order valence-corrected chi connectivity index (χ0v) is 23.8. The summed E-state index contributed by atoms with van der Waals surface area (Å²) in [5.41, 5.74) is 5.23. The van der Waals surface area contributed by atoms with Crippen LogP contribution in [0.15, 0.2) is 46.6 Å². The summed E-state index contributed by atoms with van der Waals surface area (Å²) in [6.45, 7) is 21.5. The van der Waals surface area contributed by atoms with Gasteiger partial charge in [-0.3, -0.25) is 9.59 Å². The Hall–Kier alpha value is -2.10. The fourth-order valence-electron chi connectivity index (χ4n) is 2.68. The van der Waals surface area contributed by atoms with Crippen molar-refractivity contribution in [1.82, 2.24) is 0 Å². The van der Waals surface area contributed by atoms with Gasteiger partial charge in [-0.1, -0.05) is 68.2 Å². The molecule has 0 radical (unpaired) electrons. The van der Waals surface area contributed by atoms with Gasteiger partial charge in [0.1, 0.15) is 6.61 Å². The van der Waals surface area contributed by atoms with Crippen LogP contribution in [-0.4, -0.2) is 25.2 Å². The van der Waals surface area contributed by atoms with E-state index in [9.17, 15) is 9.59 Å². The number of carbonyl (C=O) groups is 2. The molecule has 0 unspecified atom stereocenters. The topological polar surface area (TPSA) is 52.6 Å². The number of allylic oxidation sites excluding steroid dienone is 6. The molecule has 0 saturated carbocycles. The van der Waals surface area contributed by atoms with Crippen molar-refractivity contribution in [1.29, 1.82) is 0 Å². The van der Waals surface area contributed by atoms with Crippen molar-refractivity contribution in [3.05, 3.63) is 46.6 Å². The molecule has 0 rings (SSSR count). The Morgan fingerprint density at radius 3 is 1.65 bits per heavy atom. The highest BCUT2D eigenvalue weighted by molar-refractivity contribution is 5.69. The standard InChI is InChI=1S/2C15H26O2/c2*1-12(2)7-6-8-14(5)9-10-17-15(16)11-13(3)4/h7,9,13H,6,8,10-11H2,1-5H3;7-8,13H,6,9-11H2,1-5H3/b14-9+;14-8+. The lowest BCUT2D eigenvalue weighted by Gasteiger charge is -2.06. The fourth-order valence-corrected chi connectivity index (χ4v) is 2.68. The van der Waals surface area contributed by atoms with Gasteiger partial charge >= 0.3 is 11.9 Å². The molecule has 0 aromatic heterocycles. The molecule has 0 aromatic rings. The van der Waals surface area contributed by atoms with Crippen molar-refractivity contribution in [2.45, 2.75) is 108 Å². The molecule has 0 aliphatic rings. The fraction of sp³-hybridized carbons (Fsp3) is 0.667. The first kappa shape index (κ1) is 34.1. The molecule has 0 fully saturated rings. The molecule has 4 nitrogen and oxygen atoms in total. The number of ether oxygens (including phenoxy) is 2. The predicted molar refractivity (Wildman–Crippen MR) is 146 cm³/mol. The quantitative estimate of drug-likeness (QED) is 0.186. The molecule has 0 saturated heterocycles. The van der Waals surface area contributed by atoms with Crippen LogP contribution in [-0.2, 0) is 19.1 Å². The van der Waals surface area contributed by atoms with E-state index in [1.54, 1.807) is 0 Å². The molecule has 0 atom stereocenters. The lowest BCUT2D eigenvalue weighted by Crippen LogP contribution is -2.08. The van der Waals surface area contributed by atoms with Gasteiger partial charge in [-0.2, -0.15) is 0 Å². The summed E-state index contributed by atoms with van der Waals surface area (Å²) in [6.07, 6.45) is 13.5. The predicted octanol–water partition coefficient (Wildman–Crippen LogP) is 8.54.